The summed E-state index contributed by atoms with van der Waals surface area (Å²) < 4.78 is 2.92. The molecule has 0 aliphatic carbocycles. The van der Waals surface area contributed by atoms with E-state index in [0.717, 1.165) is 0 Å². The number of halogens is 1. The van der Waals surface area contributed by atoms with Crippen molar-refractivity contribution in [3.8, 4) is 5.69 Å². The summed E-state index contributed by atoms with van der Waals surface area (Å²) in [5.74, 6) is 0.433. The van der Waals surface area contributed by atoms with E-state index in [9.17, 15) is 9.59 Å². The number of benzene rings is 2. The van der Waals surface area contributed by atoms with Crippen molar-refractivity contribution in [2.75, 3.05) is 5.88 Å². The second-order valence-electron chi connectivity index (χ2n) is 4.97. The predicted octanol–water partition coefficient (Wildman–Crippen LogP) is 2.78. The molecule has 3 rings (SSSR count). The highest BCUT2D eigenvalue weighted by molar-refractivity contribution is 6.17. The average molecular weight is 315 g/mol. The molecule has 0 fully saturated rings. The van der Waals surface area contributed by atoms with Crippen LogP contribution < -0.4 is 11.1 Å². The van der Waals surface area contributed by atoms with Gasteiger partial charge in [-0.15, -0.1) is 11.6 Å². The zero-order chi connectivity index (χ0) is 15.5. The third-order valence-electron chi connectivity index (χ3n) is 3.56. The monoisotopic (exact) mass is 314 g/mol. The fourth-order valence-corrected chi connectivity index (χ4v) is 2.67. The Morgan fingerprint density at radius 3 is 2.05 bits per heavy atom. The Bertz CT molecular complexity index is 913. The molecule has 112 valence electrons. The molecule has 0 amide bonds. The lowest BCUT2D eigenvalue weighted by Crippen LogP contribution is -2.38. The molecule has 0 saturated heterocycles. The van der Waals surface area contributed by atoms with Crippen LogP contribution in [0.25, 0.3) is 16.5 Å². The van der Waals surface area contributed by atoms with Gasteiger partial charge in [0.15, 0.2) is 0 Å². The van der Waals surface area contributed by atoms with Crippen LogP contribution in [0, 0.1) is 0 Å². The van der Waals surface area contributed by atoms with Crippen LogP contribution in [0.3, 0.4) is 0 Å². The molecule has 0 N–H and O–H groups in total. The van der Waals surface area contributed by atoms with Gasteiger partial charge in [-0.25, -0.2) is 9.36 Å². The van der Waals surface area contributed by atoms with Crippen molar-refractivity contribution >= 4 is 22.4 Å². The SMILES string of the molecule is O=c1c2ccccc2c(=O)n(-c2ccccc2)n1CCCCl. The van der Waals surface area contributed by atoms with Gasteiger partial charge >= 0.3 is 0 Å². The van der Waals surface area contributed by atoms with Crippen LogP contribution in [-0.4, -0.2) is 15.2 Å². The first-order valence-corrected chi connectivity index (χ1v) is 7.64. The van der Waals surface area contributed by atoms with Crippen molar-refractivity contribution in [2.24, 2.45) is 0 Å². The molecule has 5 heteroatoms. The number of alkyl halides is 1. The van der Waals surface area contributed by atoms with Gasteiger partial charge in [0.05, 0.1) is 16.5 Å². The molecule has 1 heterocycles. The molecular weight excluding hydrogens is 300 g/mol. The van der Waals surface area contributed by atoms with Crippen molar-refractivity contribution in [1.82, 2.24) is 9.36 Å². The summed E-state index contributed by atoms with van der Waals surface area (Å²) in [5.41, 5.74) is 0.296. The van der Waals surface area contributed by atoms with E-state index in [2.05, 4.69) is 0 Å². The van der Waals surface area contributed by atoms with Crippen molar-refractivity contribution in [3.63, 3.8) is 0 Å². The molecule has 3 aromatic rings. The summed E-state index contributed by atoms with van der Waals surface area (Å²) in [4.78, 5) is 25.6. The topological polar surface area (TPSA) is 44.0 Å². The first kappa shape index (κ1) is 14.6. The highest BCUT2D eigenvalue weighted by Gasteiger charge is 2.13. The maximum Gasteiger partial charge on any atom is 0.278 e. The molecule has 0 radical (unpaired) electrons. The Morgan fingerprint density at radius 2 is 1.41 bits per heavy atom. The molecule has 2 aromatic carbocycles. The smallest absolute Gasteiger partial charge is 0.267 e. The second kappa shape index (κ2) is 6.20. The fraction of sp³-hybridized carbons (Fsp3) is 0.176. The Labute approximate surface area is 132 Å². The van der Waals surface area contributed by atoms with E-state index in [4.69, 9.17) is 11.6 Å². The van der Waals surface area contributed by atoms with E-state index >= 15 is 0 Å². The van der Waals surface area contributed by atoms with Crippen LogP contribution in [0.2, 0.25) is 0 Å². The van der Waals surface area contributed by atoms with Gasteiger partial charge in [0, 0.05) is 12.4 Å². The van der Waals surface area contributed by atoms with E-state index in [1.165, 1.54) is 9.36 Å². The molecule has 1 aromatic heterocycles. The number of fused-ring (bicyclic) bond motifs is 1. The van der Waals surface area contributed by atoms with E-state index in [-0.39, 0.29) is 11.1 Å². The molecule has 0 unspecified atom stereocenters. The van der Waals surface area contributed by atoms with Gasteiger partial charge in [-0.1, -0.05) is 30.3 Å². The number of hydrogen-bond donors (Lipinski definition) is 0. The number of rotatable bonds is 4. The number of para-hydroxylation sites is 1. The summed E-state index contributed by atoms with van der Waals surface area (Å²) in [6, 6.07) is 16.1. The van der Waals surface area contributed by atoms with Crippen molar-refractivity contribution in [1.29, 1.82) is 0 Å². The third kappa shape index (κ3) is 2.46. The number of hydrogen-bond acceptors (Lipinski definition) is 2. The van der Waals surface area contributed by atoms with Crippen LogP contribution in [-0.2, 0) is 6.54 Å². The second-order valence-corrected chi connectivity index (χ2v) is 5.35. The van der Waals surface area contributed by atoms with Crippen molar-refractivity contribution < 1.29 is 0 Å². The van der Waals surface area contributed by atoms with Crippen molar-refractivity contribution in [3.05, 3.63) is 75.3 Å². The fourth-order valence-electron chi connectivity index (χ4n) is 2.55. The summed E-state index contributed by atoms with van der Waals surface area (Å²) >= 11 is 5.76. The van der Waals surface area contributed by atoms with Crippen LogP contribution >= 0.6 is 11.6 Å². The quantitative estimate of drug-likeness (QED) is 0.695. The van der Waals surface area contributed by atoms with E-state index in [1.54, 1.807) is 24.3 Å². The van der Waals surface area contributed by atoms with Crippen LogP contribution in [0.5, 0.6) is 0 Å². The number of nitrogens with zero attached hydrogens (tertiary/aromatic N) is 2. The maximum absolute atomic E-state index is 12.8. The Balaban J connectivity index is 2.40. The van der Waals surface area contributed by atoms with Crippen molar-refractivity contribution in [2.45, 2.75) is 13.0 Å². The van der Waals surface area contributed by atoms with E-state index in [0.29, 0.717) is 35.3 Å². The highest BCUT2D eigenvalue weighted by atomic mass is 35.5. The highest BCUT2D eigenvalue weighted by Crippen LogP contribution is 2.09. The Morgan fingerprint density at radius 1 is 0.818 bits per heavy atom. The van der Waals surface area contributed by atoms with E-state index < -0.39 is 0 Å². The normalized spacial score (nSPS) is 11.0. The molecule has 0 bridgehead atoms. The van der Waals surface area contributed by atoms with Gasteiger partial charge in [0.25, 0.3) is 11.1 Å². The van der Waals surface area contributed by atoms with Gasteiger partial charge in [0.2, 0.25) is 0 Å². The summed E-state index contributed by atoms with van der Waals surface area (Å²) in [6.45, 7) is 0.400. The van der Waals surface area contributed by atoms with Crippen LogP contribution in [0.1, 0.15) is 6.42 Å². The minimum atomic E-state index is -0.198. The summed E-state index contributed by atoms with van der Waals surface area (Å²) in [7, 11) is 0. The summed E-state index contributed by atoms with van der Waals surface area (Å²) in [6.07, 6.45) is 0.617. The zero-order valence-electron chi connectivity index (χ0n) is 11.9. The van der Waals surface area contributed by atoms with E-state index in [1.807, 2.05) is 30.3 Å². The molecule has 0 atom stereocenters. The van der Waals surface area contributed by atoms with Gasteiger partial charge in [-0.3, -0.25) is 9.59 Å². The Kier molecular flexibility index (Phi) is 4.11. The molecular formula is C17H15ClN2O2. The summed E-state index contributed by atoms with van der Waals surface area (Å²) in [5, 5.41) is 0.868. The minimum absolute atomic E-state index is 0.177. The lowest BCUT2D eigenvalue weighted by molar-refractivity contribution is 0.506. The standard InChI is InChI=1S/C17H15ClN2O2/c18-11-6-12-19-16(21)14-9-4-5-10-15(14)17(22)20(19)13-7-2-1-3-8-13/h1-5,7-10H,6,11-12H2. The molecule has 22 heavy (non-hydrogen) atoms. The molecule has 0 spiro atoms. The maximum atomic E-state index is 12.8. The van der Waals surface area contributed by atoms with Gasteiger partial charge in [-0.2, -0.15) is 0 Å². The zero-order valence-corrected chi connectivity index (χ0v) is 12.7. The molecule has 0 saturated carbocycles. The first-order chi connectivity index (χ1) is 10.7. The first-order valence-electron chi connectivity index (χ1n) is 7.10. The predicted molar refractivity (Wildman–Crippen MR) is 89.1 cm³/mol. The number of aromatic nitrogens is 2. The molecule has 0 aliphatic heterocycles. The van der Waals surface area contributed by atoms with Crippen LogP contribution in [0.15, 0.2) is 64.2 Å². The van der Waals surface area contributed by atoms with Gasteiger partial charge in [-0.05, 0) is 30.7 Å². The van der Waals surface area contributed by atoms with Gasteiger partial charge < -0.3 is 0 Å². The lowest BCUT2D eigenvalue weighted by Gasteiger charge is -2.16. The Hall–Kier alpha value is -2.33. The minimum Gasteiger partial charge on any atom is -0.267 e. The largest absolute Gasteiger partial charge is 0.278 e. The molecule has 0 aliphatic rings. The third-order valence-corrected chi connectivity index (χ3v) is 3.83. The average Bonchev–Trinajstić information content (AvgIpc) is 2.57. The van der Waals surface area contributed by atoms with Crippen LogP contribution in [0.4, 0.5) is 0 Å². The lowest BCUT2D eigenvalue weighted by atomic mass is 10.2. The molecule has 4 nitrogen and oxygen atoms in total. The van der Waals surface area contributed by atoms with Gasteiger partial charge in [0.1, 0.15) is 0 Å².